The van der Waals surface area contributed by atoms with Crippen molar-refractivity contribution >= 4 is 23.2 Å². The van der Waals surface area contributed by atoms with Gasteiger partial charge in [0.15, 0.2) is 0 Å². The first kappa shape index (κ1) is 15.3. The molecule has 0 heterocycles. The van der Waals surface area contributed by atoms with Crippen LogP contribution in [0.1, 0.15) is 17.5 Å². The van der Waals surface area contributed by atoms with E-state index in [1.54, 1.807) is 6.07 Å². The van der Waals surface area contributed by atoms with E-state index < -0.39 is 5.82 Å². The Labute approximate surface area is 127 Å². The average Bonchev–Trinajstić information content (AvgIpc) is 2.46. The van der Waals surface area contributed by atoms with E-state index >= 15 is 0 Å². The third kappa shape index (κ3) is 4.76. The summed E-state index contributed by atoms with van der Waals surface area (Å²) in [6.45, 7) is 0.329. The summed E-state index contributed by atoms with van der Waals surface area (Å²) in [4.78, 5) is 11.8. The van der Waals surface area contributed by atoms with Crippen LogP contribution in [0.4, 0.5) is 10.1 Å². The number of benzene rings is 2. The Morgan fingerprint density at radius 2 is 2.00 bits per heavy atom. The SMILES string of the molecule is Nc1cccc(CCC(=O)NCc2ccc(F)c(Cl)c2)c1. The highest BCUT2D eigenvalue weighted by atomic mass is 35.5. The van der Waals surface area contributed by atoms with E-state index in [0.717, 1.165) is 11.1 Å². The van der Waals surface area contributed by atoms with Crippen LogP contribution in [-0.2, 0) is 17.8 Å². The second kappa shape index (κ2) is 7.09. The van der Waals surface area contributed by atoms with Gasteiger partial charge < -0.3 is 11.1 Å². The zero-order chi connectivity index (χ0) is 15.2. The van der Waals surface area contributed by atoms with E-state index in [1.165, 1.54) is 12.1 Å². The number of amides is 1. The largest absolute Gasteiger partial charge is 0.399 e. The minimum absolute atomic E-state index is 0.0570. The average molecular weight is 307 g/mol. The third-order valence-corrected chi connectivity index (χ3v) is 3.36. The summed E-state index contributed by atoms with van der Waals surface area (Å²) in [5, 5.41) is 2.84. The molecule has 0 atom stereocenters. The van der Waals surface area contributed by atoms with Gasteiger partial charge in [0.2, 0.25) is 5.91 Å². The molecule has 0 aliphatic heterocycles. The van der Waals surface area contributed by atoms with Gasteiger partial charge in [-0.25, -0.2) is 4.39 Å². The number of carbonyl (C=O) groups is 1. The van der Waals surface area contributed by atoms with Crippen LogP contribution in [0.2, 0.25) is 5.02 Å². The molecular weight excluding hydrogens is 291 g/mol. The van der Waals surface area contributed by atoms with Crippen LogP contribution < -0.4 is 11.1 Å². The van der Waals surface area contributed by atoms with Crippen LogP contribution in [0.15, 0.2) is 42.5 Å². The van der Waals surface area contributed by atoms with E-state index in [4.69, 9.17) is 17.3 Å². The number of hydrogen-bond donors (Lipinski definition) is 2. The normalized spacial score (nSPS) is 10.4. The van der Waals surface area contributed by atoms with Crippen LogP contribution >= 0.6 is 11.6 Å². The first-order chi connectivity index (χ1) is 10.0. The van der Waals surface area contributed by atoms with Crippen molar-refractivity contribution in [2.24, 2.45) is 0 Å². The highest BCUT2D eigenvalue weighted by Crippen LogP contribution is 2.16. The van der Waals surface area contributed by atoms with E-state index in [-0.39, 0.29) is 10.9 Å². The van der Waals surface area contributed by atoms with Crippen molar-refractivity contribution in [2.75, 3.05) is 5.73 Å². The van der Waals surface area contributed by atoms with Gasteiger partial charge in [0.05, 0.1) is 5.02 Å². The zero-order valence-electron chi connectivity index (χ0n) is 11.4. The lowest BCUT2D eigenvalue weighted by Gasteiger charge is -2.06. The van der Waals surface area contributed by atoms with Crippen LogP contribution in [-0.4, -0.2) is 5.91 Å². The lowest BCUT2D eigenvalue weighted by molar-refractivity contribution is -0.121. The molecule has 0 radical (unpaired) electrons. The van der Waals surface area contributed by atoms with Gasteiger partial charge >= 0.3 is 0 Å². The third-order valence-electron chi connectivity index (χ3n) is 3.07. The van der Waals surface area contributed by atoms with Gasteiger partial charge in [-0.1, -0.05) is 29.8 Å². The van der Waals surface area contributed by atoms with Crippen molar-refractivity contribution in [1.29, 1.82) is 0 Å². The smallest absolute Gasteiger partial charge is 0.220 e. The molecule has 0 aliphatic carbocycles. The quantitative estimate of drug-likeness (QED) is 0.833. The molecule has 0 aliphatic rings. The number of aryl methyl sites for hydroxylation is 1. The minimum Gasteiger partial charge on any atom is -0.399 e. The molecule has 0 unspecified atom stereocenters. The van der Waals surface area contributed by atoms with Gasteiger partial charge in [0.25, 0.3) is 0 Å². The second-order valence-corrected chi connectivity index (χ2v) is 5.18. The molecule has 0 saturated heterocycles. The number of rotatable bonds is 5. The highest BCUT2D eigenvalue weighted by molar-refractivity contribution is 6.30. The number of nitrogens with two attached hydrogens (primary N) is 1. The number of nitrogen functional groups attached to an aromatic ring is 1. The summed E-state index contributed by atoms with van der Waals surface area (Å²) in [6, 6.07) is 11.9. The molecule has 0 saturated carbocycles. The van der Waals surface area contributed by atoms with Crippen molar-refractivity contribution in [3.8, 4) is 0 Å². The summed E-state index contributed by atoms with van der Waals surface area (Å²) < 4.78 is 13.0. The molecule has 2 aromatic rings. The van der Waals surface area contributed by atoms with Gasteiger partial charge in [-0.15, -0.1) is 0 Å². The van der Waals surface area contributed by atoms with Crippen molar-refractivity contribution in [3.63, 3.8) is 0 Å². The fourth-order valence-electron chi connectivity index (χ4n) is 1.95. The monoisotopic (exact) mass is 306 g/mol. The maximum atomic E-state index is 13.0. The Morgan fingerprint density at radius 1 is 1.19 bits per heavy atom. The summed E-state index contributed by atoms with van der Waals surface area (Å²) in [5.41, 5.74) is 8.16. The molecule has 0 fully saturated rings. The standard InChI is InChI=1S/C16H16ClFN2O/c17-14-9-12(4-6-15(14)18)10-20-16(21)7-5-11-2-1-3-13(19)8-11/h1-4,6,8-9H,5,7,10,19H2,(H,20,21). The van der Waals surface area contributed by atoms with E-state index in [2.05, 4.69) is 5.32 Å². The Bertz CT molecular complexity index is 646. The van der Waals surface area contributed by atoms with Crippen LogP contribution in [0.5, 0.6) is 0 Å². The van der Waals surface area contributed by atoms with Gasteiger partial charge in [0, 0.05) is 18.7 Å². The lowest BCUT2D eigenvalue weighted by atomic mass is 10.1. The second-order valence-electron chi connectivity index (χ2n) is 4.77. The van der Waals surface area contributed by atoms with Gasteiger partial charge in [-0.3, -0.25) is 4.79 Å². The molecule has 0 bridgehead atoms. The number of nitrogens with one attached hydrogen (secondary N) is 1. The van der Waals surface area contributed by atoms with Crippen LogP contribution in [0.25, 0.3) is 0 Å². The molecule has 5 heteroatoms. The molecule has 0 aromatic heterocycles. The Morgan fingerprint density at radius 3 is 2.71 bits per heavy atom. The van der Waals surface area contributed by atoms with Gasteiger partial charge in [0.1, 0.15) is 5.82 Å². The molecule has 110 valence electrons. The predicted octanol–water partition coefficient (Wildman–Crippen LogP) is 3.31. The Hall–Kier alpha value is -2.07. The van der Waals surface area contributed by atoms with Crippen LogP contribution in [0.3, 0.4) is 0 Å². The number of anilines is 1. The first-order valence-electron chi connectivity index (χ1n) is 6.59. The van der Waals surface area contributed by atoms with E-state index in [9.17, 15) is 9.18 Å². The van der Waals surface area contributed by atoms with Gasteiger partial charge in [-0.2, -0.15) is 0 Å². The summed E-state index contributed by atoms with van der Waals surface area (Å²) in [7, 11) is 0. The maximum absolute atomic E-state index is 13.0. The van der Waals surface area contributed by atoms with Crippen molar-refractivity contribution < 1.29 is 9.18 Å². The fraction of sp³-hybridized carbons (Fsp3) is 0.188. The fourth-order valence-corrected chi connectivity index (χ4v) is 2.15. The van der Waals surface area contributed by atoms with Crippen molar-refractivity contribution in [2.45, 2.75) is 19.4 Å². The molecule has 3 N–H and O–H groups in total. The predicted molar refractivity (Wildman–Crippen MR) is 82.4 cm³/mol. The maximum Gasteiger partial charge on any atom is 0.220 e. The zero-order valence-corrected chi connectivity index (χ0v) is 12.2. The van der Waals surface area contributed by atoms with Crippen molar-refractivity contribution in [1.82, 2.24) is 5.32 Å². The Kier molecular flexibility index (Phi) is 5.17. The summed E-state index contributed by atoms with van der Waals surface area (Å²) in [5.74, 6) is -0.536. The molecule has 3 nitrogen and oxygen atoms in total. The van der Waals surface area contributed by atoms with Crippen LogP contribution in [0, 0.1) is 5.82 Å². The molecular formula is C16H16ClFN2O. The molecule has 21 heavy (non-hydrogen) atoms. The number of carbonyl (C=O) groups excluding carboxylic acids is 1. The number of hydrogen-bond acceptors (Lipinski definition) is 2. The number of halogens is 2. The molecule has 2 aromatic carbocycles. The topological polar surface area (TPSA) is 55.1 Å². The molecule has 0 spiro atoms. The summed E-state index contributed by atoms with van der Waals surface area (Å²) >= 11 is 5.69. The lowest BCUT2D eigenvalue weighted by Crippen LogP contribution is -2.23. The Balaban J connectivity index is 1.80. The summed E-state index contributed by atoms with van der Waals surface area (Å²) in [6.07, 6.45) is 0.999. The molecule has 1 amide bonds. The first-order valence-corrected chi connectivity index (χ1v) is 6.97. The molecule has 2 rings (SSSR count). The highest BCUT2D eigenvalue weighted by Gasteiger charge is 2.05. The van der Waals surface area contributed by atoms with Gasteiger partial charge in [-0.05, 0) is 41.8 Å². The van der Waals surface area contributed by atoms with E-state index in [1.807, 2.05) is 24.3 Å². The van der Waals surface area contributed by atoms with Crippen molar-refractivity contribution in [3.05, 3.63) is 64.4 Å². The van der Waals surface area contributed by atoms with E-state index in [0.29, 0.717) is 25.1 Å². The minimum atomic E-state index is -0.464.